The van der Waals surface area contributed by atoms with E-state index in [1.807, 2.05) is 29.9 Å². The zero-order valence-corrected chi connectivity index (χ0v) is 7.78. The predicted molar refractivity (Wildman–Crippen MR) is 48.6 cm³/mol. The fourth-order valence-electron chi connectivity index (χ4n) is 1.35. The largest absolute Gasteiger partial charge is 0.353 e. The van der Waals surface area contributed by atoms with Crippen LogP contribution in [0.3, 0.4) is 0 Å². The van der Waals surface area contributed by atoms with Gasteiger partial charge >= 0.3 is 0 Å². The summed E-state index contributed by atoms with van der Waals surface area (Å²) in [6, 6.07) is 6.31. The van der Waals surface area contributed by atoms with Gasteiger partial charge in [-0.05, 0) is 18.1 Å². The number of hydrogen-bond donors (Lipinski definition) is 0. The third-order valence-corrected chi connectivity index (χ3v) is 2.11. The van der Waals surface area contributed by atoms with E-state index in [0.29, 0.717) is 5.92 Å². The van der Waals surface area contributed by atoms with Crippen LogP contribution in [0.4, 0.5) is 0 Å². The Hall–Kier alpha value is -1.23. The highest BCUT2D eigenvalue weighted by Gasteiger charge is 2.16. The molecule has 2 nitrogen and oxygen atoms in total. The van der Waals surface area contributed by atoms with E-state index < -0.39 is 0 Å². The number of rotatable bonds is 2. The van der Waals surface area contributed by atoms with Crippen LogP contribution in [0.25, 0.3) is 0 Å². The minimum Gasteiger partial charge on any atom is -0.353 e. The van der Waals surface area contributed by atoms with E-state index in [4.69, 9.17) is 5.26 Å². The Labute approximate surface area is 73.4 Å². The summed E-state index contributed by atoms with van der Waals surface area (Å²) in [4.78, 5) is 0. The summed E-state index contributed by atoms with van der Waals surface area (Å²) in [6.07, 6.45) is 1.97. The first-order valence-corrected chi connectivity index (χ1v) is 4.17. The number of nitriles is 1. The van der Waals surface area contributed by atoms with Gasteiger partial charge in [0.1, 0.15) is 0 Å². The van der Waals surface area contributed by atoms with Crippen molar-refractivity contribution < 1.29 is 0 Å². The summed E-state index contributed by atoms with van der Waals surface area (Å²) in [5.41, 5.74) is 1.10. The molecule has 0 amide bonds. The second-order valence-electron chi connectivity index (χ2n) is 3.39. The van der Waals surface area contributed by atoms with E-state index in [2.05, 4.69) is 19.9 Å². The van der Waals surface area contributed by atoms with Crippen LogP contribution in [0.2, 0.25) is 0 Å². The van der Waals surface area contributed by atoms with Crippen LogP contribution in [-0.4, -0.2) is 4.57 Å². The summed E-state index contributed by atoms with van der Waals surface area (Å²) in [7, 11) is 1.97. The highest BCUT2D eigenvalue weighted by Crippen LogP contribution is 2.22. The zero-order chi connectivity index (χ0) is 9.14. The first-order valence-electron chi connectivity index (χ1n) is 4.17. The third-order valence-electron chi connectivity index (χ3n) is 2.11. The molecule has 1 atom stereocenters. The normalized spacial score (nSPS) is 12.9. The Morgan fingerprint density at radius 2 is 2.17 bits per heavy atom. The first kappa shape index (κ1) is 8.86. The van der Waals surface area contributed by atoms with Gasteiger partial charge in [0.05, 0.1) is 12.0 Å². The molecule has 64 valence electrons. The van der Waals surface area contributed by atoms with Crippen molar-refractivity contribution in [2.24, 2.45) is 13.0 Å². The monoisotopic (exact) mass is 162 g/mol. The molecule has 0 fully saturated rings. The van der Waals surface area contributed by atoms with Crippen LogP contribution in [-0.2, 0) is 7.05 Å². The fraction of sp³-hybridized carbons (Fsp3) is 0.500. The molecule has 0 aliphatic rings. The molecule has 12 heavy (non-hydrogen) atoms. The number of hydrogen-bond acceptors (Lipinski definition) is 1. The maximum absolute atomic E-state index is 8.93. The lowest BCUT2D eigenvalue weighted by atomic mass is 9.94. The molecule has 1 heterocycles. The fourth-order valence-corrected chi connectivity index (χ4v) is 1.35. The number of aryl methyl sites for hydroxylation is 1. The molecule has 0 N–H and O–H groups in total. The second-order valence-corrected chi connectivity index (χ2v) is 3.39. The van der Waals surface area contributed by atoms with Crippen molar-refractivity contribution in [2.75, 3.05) is 0 Å². The predicted octanol–water partition coefficient (Wildman–Crippen LogP) is 2.29. The van der Waals surface area contributed by atoms with Crippen molar-refractivity contribution >= 4 is 0 Å². The summed E-state index contributed by atoms with van der Waals surface area (Å²) >= 11 is 0. The van der Waals surface area contributed by atoms with Gasteiger partial charge in [-0.1, -0.05) is 13.8 Å². The molecule has 0 bridgehead atoms. The van der Waals surface area contributed by atoms with Crippen molar-refractivity contribution in [1.82, 2.24) is 4.57 Å². The molecule has 2 heteroatoms. The molecule has 0 aliphatic carbocycles. The lowest BCUT2D eigenvalue weighted by molar-refractivity contribution is 0.559. The molecule has 0 radical (unpaired) electrons. The van der Waals surface area contributed by atoms with Crippen LogP contribution in [0, 0.1) is 17.2 Å². The number of aromatic nitrogens is 1. The van der Waals surface area contributed by atoms with Crippen LogP contribution in [0.15, 0.2) is 18.3 Å². The zero-order valence-electron chi connectivity index (χ0n) is 7.78. The van der Waals surface area contributed by atoms with Crippen LogP contribution in [0.1, 0.15) is 25.5 Å². The van der Waals surface area contributed by atoms with Gasteiger partial charge in [0, 0.05) is 18.9 Å². The number of nitrogens with zero attached hydrogens (tertiary/aromatic N) is 2. The Balaban J connectivity index is 2.97. The summed E-state index contributed by atoms with van der Waals surface area (Å²) in [5, 5.41) is 8.93. The van der Waals surface area contributed by atoms with Gasteiger partial charge in [0.25, 0.3) is 0 Å². The minimum atomic E-state index is 0.0185. The van der Waals surface area contributed by atoms with Gasteiger partial charge in [-0.3, -0.25) is 0 Å². The van der Waals surface area contributed by atoms with Gasteiger partial charge in [0.15, 0.2) is 0 Å². The topological polar surface area (TPSA) is 28.7 Å². The Kier molecular flexibility index (Phi) is 2.54. The lowest BCUT2D eigenvalue weighted by Crippen LogP contribution is -2.08. The van der Waals surface area contributed by atoms with E-state index in [9.17, 15) is 0 Å². The quantitative estimate of drug-likeness (QED) is 0.655. The van der Waals surface area contributed by atoms with Crippen molar-refractivity contribution in [3.8, 4) is 6.07 Å². The molecule has 1 aromatic heterocycles. The molecule has 1 aromatic rings. The maximum atomic E-state index is 8.93. The van der Waals surface area contributed by atoms with E-state index in [1.165, 1.54) is 0 Å². The van der Waals surface area contributed by atoms with Gasteiger partial charge in [0.2, 0.25) is 0 Å². The summed E-state index contributed by atoms with van der Waals surface area (Å²) in [6.45, 7) is 4.14. The Morgan fingerprint density at radius 1 is 1.50 bits per heavy atom. The van der Waals surface area contributed by atoms with Gasteiger partial charge in [-0.15, -0.1) is 0 Å². The maximum Gasteiger partial charge on any atom is 0.0887 e. The standard InChI is InChI=1S/C10H14N2/c1-8(2)9(7-11)10-5-4-6-12(10)3/h4-6,8-9H,1-3H3. The van der Waals surface area contributed by atoms with Crippen LogP contribution >= 0.6 is 0 Å². The van der Waals surface area contributed by atoms with Crippen LogP contribution < -0.4 is 0 Å². The smallest absolute Gasteiger partial charge is 0.0887 e. The average molecular weight is 162 g/mol. The van der Waals surface area contributed by atoms with Crippen molar-refractivity contribution in [3.05, 3.63) is 24.0 Å². The van der Waals surface area contributed by atoms with E-state index in [0.717, 1.165) is 5.69 Å². The SMILES string of the molecule is CC(C)C(C#N)c1cccn1C. The second kappa shape index (κ2) is 3.44. The molecule has 1 rings (SSSR count). The van der Waals surface area contributed by atoms with E-state index in [1.54, 1.807) is 0 Å². The molecule has 0 spiro atoms. The third kappa shape index (κ3) is 1.50. The highest BCUT2D eigenvalue weighted by atomic mass is 14.9. The molecule has 0 saturated carbocycles. The van der Waals surface area contributed by atoms with Gasteiger partial charge < -0.3 is 4.57 Å². The van der Waals surface area contributed by atoms with Crippen molar-refractivity contribution in [2.45, 2.75) is 19.8 Å². The average Bonchev–Trinajstić information content (AvgIpc) is 2.38. The Morgan fingerprint density at radius 3 is 2.50 bits per heavy atom. The lowest BCUT2D eigenvalue weighted by Gasteiger charge is -2.13. The minimum absolute atomic E-state index is 0.0185. The van der Waals surface area contributed by atoms with Gasteiger partial charge in [-0.25, -0.2) is 0 Å². The van der Waals surface area contributed by atoms with Crippen molar-refractivity contribution in [3.63, 3.8) is 0 Å². The molecular formula is C10H14N2. The van der Waals surface area contributed by atoms with E-state index >= 15 is 0 Å². The molecule has 0 saturated heterocycles. The summed E-state index contributed by atoms with van der Waals surface area (Å²) in [5.74, 6) is 0.397. The molecular weight excluding hydrogens is 148 g/mol. The van der Waals surface area contributed by atoms with Crippen LogP contribution in [0.5, 0.6) is 0 Å². The summed E-state index contributed by atoms with van der Waals surface area (Å²) < 4.78 is 2.01. The van der Waals surface area contributed by atoms with Gasteiger partial charge in [-0.2, -0.15) is 5.26 Å². The highest BCUT2D eigenvalue weighted by molar-refractivity contribution is 5.19. The molecule has 0 aromatic carbocycles. The van der Waals surface area contributed by atoms with Crippen molar-refractivity contribution in [1.29, 1.82) is 5.26 Å². The molecule has 0 aliphatic heterocycles. The molecule has 1 unspecified atom stereocenters. The Bertz CT molecular complexity index is 291. The first-order chi connectivity index (χ1) is 5.66. The van der Waals surface area contributed by atoms with E-state index in [-0.39, 0.29) is 5.92 Å².